The van der Waals surface area contributed by atoms with Gasteiger partial charge in [-0.3, -0.25) is 0 Å². The van der Waals surface area contributed by atoms with Crippen molar-refractivity contribution in [3.05, 3.63) is 78.1 Å². The van der Waals surface area contributed by atoms with Gasteiger partial charge in [0.15, 0.2) is 5.76 Å². The molecule has 0 amide bonds. The zero-order valence-electron chi connectivity index (χ0n) is 15.3. The third-order valence-corrected chi connectivity index (χ3v) is 5.91. The first-order valence-electron chi connectivity index (χ1n) is 8.63. The highest BCUT2D eigenvalue weighted by molar-refractivity contribution is 7.88. The molecule has 0 aliphatic carbocycles. The monoisotopic (exact) mass is 413 g/mol. The highest BCUT2D eigenvalue weighted by Crippen LogP contribution is 2.27. The molecule has 148 valence electrons. The number of sulfonamides is 1. The molecule has 9 heteroatoms. The molecule has 0 N–H and O–H groups in total. The molecule has 0 aliphatic rings. The number of halogens is 1. The molecule has 0 saturated carbocycles. The van der Waals surface area contributed by atoms with E-state index in [0.717, 1.165) is 5.56 Å². The van der Waals surface area contributed by atoms with E-state index in [0.29, 0.717) is 5.56 Å². The number of hydrogen-bond donors (Lipinski definition) is 0. The van der Waals surface area contributed by atoms with Crippen LogP contribution in [-0.4, -0.2) is 29.9 Å². The second kappa shape index (κ2) is 7.61. The van der Waals surface area contributed by atoms with Crippen molar-refractivity contribution in [3.63, 3.8) is 0 Å². The summed E-state index contributed by atoms with van der Waals surface area (Å²) in [5.41, 5.74) is 1.41. The maximum atomic E-state index is 13.0. The Balaban J connectivity index is 1.55. The summed E-state index contributed by atoms with van der Waals surface area (Å²) in [5, 5.41) is 3.60. The summed E-state index contributed by atoms with van der Waals surface area (Å²) in [6.45, 7) is 0.203. The summed E-state index contributed by atoms with van der Waals surface area (Å²) in [6, 6.07) is 17.6. The molecule has 0 unspecified atom stereocenters. The van der Waals surface area contributed by atoms with Gasteiger partial charge in [-0.05, 0) is 42.0 Å². The predicted octanol–water partition coefficient (Wildman–Crippen LogP) is 3.96. The Morgan fingerprint density at radius 2 is 1.72 bits per heavy atom. The average molecular weight is 413 g/mol. The minimum Gasteiger partial charge on any atom is -0.438 e. The molecule has 0 bridgehead atoms. The van der Waals surface area contributed by atoms with Crippen molar-refractivity contribution < 1.29 is 21.7 Å². The Hall–Kier alpha value is -3.30. The van der Waals surface area contributed by atoms with Crippen molar-refractivity contribution in [1.82, 2.24) is 14.4 Å². The van der Waals surface area contributed by atoms with Crippen molar-refractivity contribution in [3.8, 4) is 23.0 Å². The van der Waals surface area contributed by atoms with Crippen LogP contribution in [0, 0.1) is 5.82 Å². The van der Waals surface area contributed by atoms with Crippen LogP contribution in [-0.2, 0) is 16.6 Å². The first-order valence-corrected chi connectivity index (χ1v) is 10.1. The lowest BCUT2D eigenvalue weighted by atomic mass is 10.2. The van der Waals surface area contributed by atoms with Crippen LogP contribution in [0.4, 0.5) is 4.39 Å². The van der Waals surface area contributed by atoms with E-state index in [1.54, 1.807) is 0 Å². The highest BCUT2D eigenvalue weighted by atomic mass is 32.2. The van der Waals surface area contributed by atoms with Gasteiger partial charge in [-0.2, -0.15) is 9.29 Å². The summed E-state index contributed by atoms with van der Waals surface area (Å²) in [6.07, 6.45) is 0. The normalized spacial score (nSPS) is 11.8. The Morgan fingerprint density at radius 1 is 1.00 bits per heavy atom. The van der Waals surface area contributed by atoms with Crippen LogP contribution in [0.2, 0.25) is 0 Å². The first-order chi connectivity index (χ1) is 13.9. The molecule has 2 aromatic heterocycles. The van der Waals surface area contributed by atoms with Gasteiger partial charge in [0.1, 0.15) is 5.82 Å². The fraction of sp³-hybridized carbons (Fsp3) is 0.100. The molecular formula is C20H16FN3O4S. The van der Waals surface area contributed by atoms with Gasteiger partial charge >= 0.3 is 0 Å². The number of rotatable bonds is 6. The van der Waals surface area contributed by atoms with E-state index in [-0.39, 0.29) is 34.9 Å². The zero-order valence-corrected chi connectivity index (χ0v) is 16.1. The topological polar surface area (TPSA) is 89.4 Å². The lowest BCUT2D eigenvalue weighted by Crippen LogP contribution is -2.26. The van der Waals surface area contributed by atoms with E-state index in [4.69, 9.17) is 8.94 Å². The molecule has 0 saturated heterocycles. The van der Waals surface area contributed by atoms with Crippen molar-refractivity contribution in [2.24, 2.45) is 0 Å². The van der Waals surface area contributed by atoms with Crippen molar-refractivity contribution in [2.45, 2.75) is 11.6 Å². The molecule has 7 nitrogen and oxygen atoms in total. The number of furan rings is 1. The van der Waals surface area contributed by atoms with Gasteiger partial charge in [0, 0.05) is 19.2 Å². The summed E-state index contributed by atoms with van der Waals surface area (Å²) in [4.78, 5) is 4.19. The summed E-state index contributed by atoms with van der Waals surface area (Å²) < 4.78 is 50.4. The largest absolute Gasteiger partial charge is 0.438 e. The van der Waals surface area contributed by atoms with E-state index in [1.165, 1.54) is 47.8 Å². The summed E-state index contributed by atoms with van der Waals surface area (Å²) >= 11 is 0. The Bertz CT molecular complexity index is 1220. The Morgan fingerprint density at radius 3 is 2.45 bits per heavy atom. The van der Waals surface area contributed by atoms with Crippen molar-refractivity contribution in [1.29, 1.82) is 0 Å². The molecule has 4 rings (SSSR count). The van der Waals surface area contributed by atoms with Gasteiger partial charge < -0.3 is 8.94 Å². The summed E-state index contributed by atoms with van der Waals surface area (Å²) in [7, 11) is -2.36. The number of benzene rings is 2. The van der Waals surface area contributed by atoms with Gasteiger partial charge in [-0.15, -0.1) is 0 Å². The second-order valence-electron chi connectivity index (χ2n) is 6.30. The molecule has 29 heavy (non-hydrogen) atoms. The maximum Gasteiger partial charge on any atom is 0.293 e. The van der Waals surface area contributed by atoms with Gasteiger partial charge in [-0.25, -0.2) is 12.8 Å². The number of nitrogens with zero attached hydrogens (tertiary/aromatic N) is 3. The molecule has 0 atom stereocenters. The van der Waals surface area contributed by atoms with Crippen molar-refractivity contribution in [2.75, 3.05) is 7.05 Å². The Labute approximate surface area is 166 Å². The standard InChI is InChI=1S/C20H16FN3O4S/c1-24(13-14-5-3-2-4-6-14)29(25,26)18-12-11-17(27-18)20-22-19(23-28-20)15-7-9-16(21)10-8-15/h2-12H,13H2,1H3. The van der Waals surface area contributed by atoms with E-state index in [9.17, 15) is 12.8 Å². The minimum absolute atomic E-state index is 0.0245. The zero-order chi connectivity index (χ0) is 20.4. The summed E-state index contributed by atoms with van der Waals surface area (Å²) in [5.74, 6) is 0.00834. The van der Waals surface area contributed by atoms with Crippen LogP contribution in [0.1, 0.15) is 5.56 Å². The van der Waals surface area contributed by atoms with Crippen LogP contribution >= 0.6 is 0 Å². The van der Waals surface area contributed by atoms with E-state index >= 15 is 0 Å². The molecule has 2 heterocycles. The molecule has 0 fully saturated rings. The van der Waals surface area contributed by atoms with E-state index < -0.39 is 10.0 Å². The third kappa shape index (κ3) is 3.96. The molecule has 0 aliphatic heterocycles. The minimum atomic E-state index is -3.84. The fourth-order valence-electron chi connectivity index (χ4n) is 2.69. The maximum absolute atomic E-state index is 13.0. The van der Waals surface area contributed by atoms with E-state index in [1.807, 2.05) is 30.3 Å². The van der Waals surface area contributed by atoms with Gasteiger partial charge in [0.2, 0.25) is 10.9 Å². The molecule has 4 aromatic rings. The molecular weight excluding hydrogens is 397 g/mol. The lowest BCUT2D eigenvalue weighted by molar-refractivity contribution is 0.387. The number of hydrogen-bond acceptors (Lipinski definition) is 6. The fourth-order valence-corrected chi connectivity index (χ4v) is 3.75. The van der Waals surface area contributed by atoms with Crippen molar-refractivity contribution >= 4 is 10.0 Å². The molecule has 0 radical (unpaired) electrons. The van der Waals surface area contributed by atoms with Gasteiger partial charge in [0.25, 0.3) is 15.9 Å². The highest BCUT2D eigenvalue weighted by Gasteiger charge is 2.26. The van der Waals surface area contributed by atoms with Crippen LogP contribution in [0.25, 0.3) is 23.0 Å². The van der Waals surface area contributed by atoms with Crippen LogP contribution in [0.15, 0.2) is 80.8 Å². The van der Waals surface area contributed by atoms with Gasteiger partial charge in [-0.1, -0.05) is 35.5 Å². The van der Waals surface area contributed by atoms with Gasteiger partial charge in [0.05, 0.1) is 0 Å². The van der Waals surface area contributed by atoms with Crippen LogP contribution in [0.5, 0.6) is 0 Å². The smallest absolute Gasteiger partial charge is 0.293 e. The van der Waals surface area contributed by atoms with Crippen LogP contribution < -0.4 is 0 Å². The molecule has 2 aromatic carbocycles. The third-order valence-electron chi connectivity index (χ3n) is 4.23. The van der Waals surface area contributed by atoms with Crippen LogP contribution in [0.3, 0.4) is 0 Å². The SMILES string of the molecule is CN(Cc1ccccc1)S(=O)(=O)c1ccc(-c2nc(-c3ccc(F)cc3)no2)o1. The number of aromatic nitrogens is 2. The second-order valence-corrected chi connectivity index (χ2v) is 8.27. The quantitative estimate of drug-likeness (QED) is 0.475. The average Bonchev–Trinajstić information content (AvgIpc) is 3.39. The molecule has 0 spiro atoms. The first kappa shape index (κ1) is 19.0. The Kier molecular flexibility index (Phi) is 4.99. The predicted molar refractivity (Wildman–Crippen MR) is 102 cm³/mol. The lowest BCUT2D eigenvalue weighted by Gasteiger charge is -2.15. The van der Waals surface area contributed by atoms with E-state index in [2.05, 4.69) is 10.1 Å².